The first-order valence-corrected chi connectivity index (χ1v) is 13.3. The molecule has 3 saturated heterocycles. The first-order valence-electron chi connectivity index (χ1n) is 12.9. The number of aromatic nitrogens is 3. The highest BCUT2D eigenvalue weighted by molar-refractivity contribution is 6.36. The lowest BCUT2D eigenvalue weighted by Crippen LogP contribution is -2.51. The van der Waals surface area contributed by atoms with Crippen molar-refractivity contribution < 1.29 is 13.9 Å². The second-order valence-corrected chi connectivity index (χ2v) is 10.6. The Balaban J connectivity index is 1.36. The number of rotatable bonds is 5. The molecular weight excluding hydrogens is 493 g/mol. The van der Waals surface area contributed by atoms with E-state index >= 15 is 4.39 Å². The lowest BCUT2D eigenvalue weighted by Gasteiger charge is -2.34. The zero-order valence-corrected chi connectivity index (χ0v) is 21.0. The number of ether oxygens (including phenoxy) is 2. The van der Waals surface area contributed by atoms with Gasteiger partial charge in [0.05, 0.1) is 11.5 Å². The summed E-state index contributed by atoms with van der Waals surface area (Å²) >= 11 is 6.55. The molecule has 0 amide bonds. The van der Waals surface area contributed by atoms with Gasteiger partial charge in [-0.15, -0.1) is 0 Å². The van der Waals surface area contributed by atoms with Gasteiger partial charge in [0, 0.05) is 53.9 Å². The minimum absolute atomic E-state index is 0.00783. The minimum Gasteiger partial charge on any atom is -0.461 e. The molecule has 3 aliphatic rings. The van der Waals surface area contributed by atoms with E-state index in [1.165, 1.54) is 0 Å². The Bertz CT molecular complexity index is 1480. The molecule has 0 aliphatic carbocycles. The van der Waals surface area contributed by atoms with E-state index in [0.717, 1.165) is 56.2 Å². The summed E-state index contributed by atoms with van der Waals surface area (Å²) in [6, 6.07) is 12.3. The lowest BCUT2D eigenvalue weighted by atomic mass is 10.0. The molecule has 9 heteroatoms. The average molecular weight is 520 g/mol. The summed E-state index contributed by atoms with van der Waals surface area (Å²) in [5.41, 5.74) is 1.04. The van der Waals surface area contributed by atoms with Crippen molar-refractivity contribution in [3.8, 4) is 17.3 Å². The van der Waals surface area contributed by atoms with Gasteiger partial charge < -0.3 is 19.7 Å². The molecule has 0 saturated carbocycles. The largest absolute Gasteiger partial charge is 0.461 e. The fourth-order valence-electron chi connectivity index (χ4n) is 5.92. The highest BCUT2D eigenvalue weighted by atomic mass is 35.5. The molecule has 4 aromatic rings. The summed E-state index contributed by atoms with van der Waals surface area (Å²) in [5, 5.41) is 6.46. The Hall–Kier alpha value is -3.07. The normalized spacial score (nSPS) is 23.3. The number of piperazine rings is 1. The molecule has 3 aliphatic heterocycles. The standard InChI is InChI=1S/C28H27ClFN5O2/c29-22-8-2-5-16-4-1-7-20(23(16)22)25-24(30)26-21(12-31-25)27(35-13-17-9-10-18(14-35)32-17)34-28(33-26)37-15-19-6-3-11-36-19/h1-2,4-5,7-8,12,17-19,32H,3,6,9-11,13-15H2/t17?,18?,19-/m1/s1. The van der Waals surface area contributed by atoms with Crippen LogP contribution in [0.2, 0.25) is 5.02 Å². The lowest BCUT2D eigenvalue weighted by molar-refractivity contribution is 0.0647. The Labute approximate surface area is 219 Å². The summed E-state index contributed by atoms with van der Waals surface area (Å²) in [6.45, 7) is 2.68. The smallest absolute Gasteiger partial charge is 0.319 e. The molecule has 2 unspecified atom stereocenters. The first-order chi connectivity index (χ1) is 18.1. The Morgan fingerprint density at radius 3 is 2.68 bits per heavy atom. The van der Waals surface area contributed by atoms with Crippen LogP contribution in [0.1, 0.15) is 25.7 Å². The number of hydrogen-bond acceptors (Lipinski definition) is 7. The molecule has 3 atom stereocenters. The topological polar surface area (TPSA) is 72.4 Å². The maximum Gasteiger partial charge on any atom is 0.319 e. The van der Waals surface area contributed by atoms with Crippen molar-refractivity contribution in [1.29, 1.82) is 0 Å². The summed E-state index contributed by atoms with van der Waals surface area (Å²) in [6.07, 6.45) is 5.90. The highest BCUT2D eigenvalue weighted by Gasteiger charge is 2.34. The number of fused-ring (bicyclic) bond motifs is 4. The van der Waals surface area contributed by atoms with Crippen LogP contribution in [-0.4, -0.2) is 59.4 Å². The molecular formula is C28H27ClFN5O2. The van der Waals surface area contributed by atoms with E-state index in [2.05, 4.69) is 20.2 Å². The van der Waals surface area contributed by atoms with Crippen molar-refractivity contribution in [2.75, 3.05) is 31.2 Å². The van der Waals surface area contributed by atoms with Gasteiger partial charge in [-0.1, -0.05) is 41.9 Å². The van der Waals surface area contributed by atoms with Crippen LogP contribution in [0.3, 0.4) is 0 Å². The summed E-state index contributed by atoms with van der Waals surface area (Å²) < 4.78 is 28.0. The fourth-order valence-corrected chi connectivity index (χ4v) is 6.20. The zero-order chi connectivity index (χ0) is 24.9. The highest BCUT2D eigenvalue weighted by Crippen LogP contribution is 2.38. The molecule has 190 valence electrons. The van der Waals surface area contributed by atoms with Gasteiger partial charge in [0.2, 0.25) is 0 Å². The quantitative estimate of drug-likeness (QED) is 0.391. The number of anilines is 1. The van der Waals surface area contributed by atoms with Gasteiger partial charge in [-0.05, 0) is 37.1 Å². The van der Waals surface area contributed by atoms with Crippen LogP contribution < -0.4 is 15.0 Å². The third kappa shape index (κ3) is 4.17. The van der Waals surface area contributed by atoms with E-state index in [1.54, 1.807) is 6.20 Å². The van der Waals surface area contributed by atoms with Gasteiger partial charge in [-0.25, -0.2) is 4.39 Å². The molecule has 0 spiro atoms. The van der Waals surface area contributed by atoms with Crippen LogP contribution in [0.4, 0.5) is 10.2 Å². The number of benzene rings is 2. The molecule has 3 fully saturated rings. The minimum atomic E-state index is -0.506. The predicted octanol–water partition coefficient (Wildman–Crippen LogP) is 5.14. The third-order valence-electron chi connectivity index (χ3n) is 7.69. The van der Waals surface area contributed by atoms with Gasteiger partial charge in [-0.2, -0.15) is 9.97 Å². The molecule has 7 rings (SSSR count). The van der Waals surface area contributed by atoms with Gasteiger partial charge in [0.15, 0.2) is 5.82 Å². The van der Waals surface area contributed by atoms with Crippen LogP contribution in [-0.2, 0) is 4.74 Å². The zero-order valence-electron chi connectivity index (χ0n) is 20.3. The molecule has 2 bridgehead atoms. The van der Waals surface area contributed by atoms with Crippen molar-refractivity contribution in [3.05, 3.63) is 53.4 Å². The number of nitrogens with one attached hydrogen (secondary N) is 1. The van der Waals surface area contributed by atoms with E-state index in [9.17, 15) is 0 Å². The number of hydrogen-bond donors (Lipinski definition) is 1. The third-order valence-corrected chi connectivity index (χ3v) is 8.01. The molecule has 2 aromatic carbocycles. The van der Waals surface area contributed by atoms with Gasteiger partial charge >= 0.3 is 6.01 Å². The summed E-state index contributed by atoms with van der Waals surface area (Å²) in [5.74, 6) is 0.160. The Kier molecular flexibility index (Phi) is 5.83. The predicted molar refractivity (Wildman–Crippen MR) is 142 cm³/mol. The van der Waals surface area contributed by atoms with Crippen molar-refractivity contribution in [1.82, 2.24) is 20.3 Å². The van der Waals surface area contributed by atoms with Crippen LogP contribution >= 0.6 is 11.6 Å². The SMILES string of the molecule is Fc1c(-c2cccc3cccc(Cl)c23)ncc2c(N3CC4CCC(C3)N4)nc(OC[C@H]3CCCO3)nc12. The molecule has 0 radical (unpaired) electrons. The van der Waals surface area contributed by atoms with E-state index in [4.69, 9.17) is 26.1 Å². The van der Waals surface area contributed by atoms with Crippen molar-refractivity contribution in [3.63, 3.8) is 0 Å². The molecule has 5 heterocycles. The van der Waals surface area contributed by atoms with Crippen LogP contribution in [0, 0.1) is 5.82 Å². The second kappa shape index (κ2) is 9.35. The van der Waals surface area contributed by atoms with E-state index in [-0.39, 0.29) is 23.3 Å². The summed E-state index contributed by atoms with van der Waals surface area (Å²) in [7, 11) is 0. The van der Waals surface area contributed by atoms with Gasteiger partial charge in [-0.3, -0.25) is 4.98 Å². The number of pyridine rings is 1. The average Bonchev–Trinajstić information content (AvgIpc) is 3.56. The van der Waals surface area contributed by atoms with Crippen molar-refractivity contribution in [2.45, 2.75) is 43.9 Å². The monoisotopic (exact) mass is 519 g/mol. The van der Waals surface area contributed by atoms with Crippen LogP contribution in [0.15, 0.2) is 42.6 Å². The van der Waals surface area contributed by atoms with Crippen LogP contribution in [0.25, 0.3) is 32.9 Å². The number of nitrogens with zero attached hydrogens (tertiary/aromatic N) is 4. The van der Waals surface area contributed by atoms with Gasteiger partial charge in [0.1, 0.15) is 23.6 Å². The molecule has 1 N–H and O–H groups in total. The molecule has 37 heavy (non-hydrogen) atoms. The van der Waals surface area contributed by atoms with Gasteiger partial charge in [0.25, 0.3) is 0 Å². The summed E-state index contributed by atoms with van der Waals surface area (Å²) in [4.78, 5) is 16.1. The fraction of sp³-hybridized carbons (Fsp3) is 0.393. The maximum atomic E-state index is 16.3. The van der Waals surface area contributed by atoms with E-state index in [0.29, 0.717) is 40.5 Å². The van der Waals surface area contributed by atoms with Crippen molar-refractivity contribution >= 4 is 39.1 Å². The Morgan fingerprint density at radius 2 is 1.89 bits per heavy atom. The number of halogens is 2. The maximum absolute atomic E-state index is 16.3. The second-order valence-electron chi connectivity index (χ2n) is 10.1. The van der Waals surface area contributed by atoms with Crippen molar-refractivity contribution in [2.24, 2.45) is 0 Å². The Morgan fingerprint density at radius 1 is 1.08 bits per heavy atom. The molecule has 2 aromatic heterocycles. The first kappa shape index (κ1) is 23.1. The van der Waals surface area contributed by atoms with E-state index in [1.807, 2.05) is 36.4 Å². The molecule has 7 nitrogen and oxygen atoms in total. The van der Waals surface area contributed by atoms with Crippen LogP contribution in [0.5, 0.6) is 6.01 Å². The van der Waals surface area contributed by atoms with E-state index < -0.39 is 5.82 Å².